The van der Waals surface area contributed by atoms with Crippen LogP contribution in [0.5, 0.6) is 0 Å². The maximum atomic E-state index is 14.0. The second-order valence-electron chi connectivity index (χ2n) is 3.89. The number of aliphatic hydroxyl groups excluding tert-OH is 1. The highest BCUT2D eigenvalue weighted by Crippen LogP contribution is 2.30. The molecule has 5 N–H and O–H groups in total. The first-order valence-corrected chi connectivity index (χ1v) is 5.23. The fourth-order valence-electron chi connectivity index (χ4n) is 1.87. The maximum Gasteiger partial charge on any atom is 0.351 e. The number of anilines is 1. The van der Waals surface area contributed by atoms with E-state index in [4.69, 9.17) is 20.8 Å². The van der Waals surface area contributed by atoms with Crippen molar-refractivity contribution in [3.8, 4) is 0 Å². The Labute approximate surface area is 101 Å². The first kappa shape index (κ1) is 12.9. The Kier molecular flexibility index (Phi) is 3.57. The van der Waals surface area contributed by atoms with E-state index in [2.05, 4.69) is 4.98 Å². The molecule has 1 aromatic heterocycles. The van der Waals surface area contributed by atoms with E-state index in [1.807, 2.05) is 0 Å². The number of hydrogen-bond donors (Lipinski definition) is 4. The van der Waals surface area contributed by atoms with Crippen LogP contribution in [0.2, 0.25) is 0 Å². The number of hydrogen-bond acceptors (Lipinski definition) is 7. The smallest absolute Gasteiger partial charge is 0.351 e. The lowest BCUT2D eigenvalue weighted by molar-refractivity contribution is -0.0445. The van der Waals surface area contributed by atoms with Crippen molar-refractivity contribution in [1.82, 2.24) is 15.0 Å². The number of halogens is 1. The molecule has 0 bridgehead atoms. The van der Waals surface area contributed by atoms with Crippen molar-refractivity contribution in [3.05, 3.63) is 22.7 Å². The lowest BCUT2D eigenvalue weighted by atomic mass is 10.1. The molecule has 8 nitrogen and oxygen atoms in total. The van der Waals surface area contributed by atoms with Gasteiger partial charge in [-0.2, -0.15) is 10.5 Å². The Morgan fingerprint density at radius 3 is 2.89 bits per heavy atom. The van der Waals surface area contributed by atoms with Crippen LogP contribution in [0.4, 0.5) is 10.2 Å². The molecular weight excluding hydrogens is 247 g/mol. The van der Waals surface area contributed by atoms with Crippen LogP contribution in [0.3, 0.4) is 0 Å². The van der Waals surface area contributed by atoms with Gasteiger partial charge < -0.3 is 20.8 Å². The molecule has 1 fully saturated rings. The van der Waals surface area contributed by atoms with Crippen molar-refractivity contribution >= 4 is 5.82 Å². The highest BCUT2D eigenvalue weighted by molar-refractivity contribution is 5.23. The summed E-state index contributed by atoms with van der Waals surface area (Å²) in [5.41, 5.74) is 6.28. The van der Waals surface area contributed by atoms with Gasteiger partial charge in [0.2, 0.25) is 0 Å². The zero-order valence-corrected chi connectivity index (χ0v) is 9.23. The Balaban J connectivity index is 2.32. The molecule has 1 saturated heterocycles. The summed E-state index contributed by atoms with van der Waals surface area (Å²) in [4.78, 5) is 15.0. The van der Waals surface area contributed by atoms with Crippen LogP contribution in [0.25, 0.3) is 0 Å². The van der Waals surface area contributed by atoms with Crippen LogP contribution in [-0.2, 0) is 4.74 Å². The van der Waals surface area contributed by atoms with Crippen LogP contribution in [0, 0.1) is 0 Å². The lowest BCUT2D eigenvalue weighted by Crippen LogP contribution is -2.42. The lowest BCUT2D eigenvalue weighted by Gasteiger charge is -2.16. The van der Waals surface area contributed by atoms with Gasteiger partial charge in [-0.15, -0.1) is 0 Å². The fraction of sp³-hybridized carbons (Fsp3) is 0.556. The number of aliphatic hydroxyl groups is 1. The van der Waals surface area contributed by atoms with E-state index in [-0.39, 0.29) is 5.82 Å². The van der Waals surface area contributed by atoms with Gasteiger partial charge in [-0.05, 0) is 6.07 Å². The van der Waals surface area contributed by atoms with Gasteiger partial charge in [0.15, 0.2) is 12.4 Å². The molecule has 1 aromatic rings. The first-order chi connectivity index (χ1) is 8.58. The van der Waals surface area contributed by atoms with Gasteiger partial charge in [-0.3, -0.25) is 4.57 Å². The molecule has 1 aliphatic rings. The molecule has 100 valence electrons. The zero-order valence-electron chi connectivity index (χ0n) is 9.23. The number of aromatic nitrogens is 2. The van der Waals surface area contributed by atoms with Crippen molar-refractivity contribution in [2.24, 2.45) is 0 Å². The minimum absolute atomic E-state index is 0.0141. The molecule has 0 radical (unpaired) electrons. The Morgan fingerprint density at radius 2 is 2.39 bits per heavy atom. The van der Waals surface area contributed by atoms with Gasteiger partial charge in [0.05, 0.1) is 12.6 Å². The summed E-state index contributed by atoms with van der Waals surface area (Å²) in [7, 11) is 0. The van der Waals surface area contributed by atoms with Crippen LogP contribution in [0.15, 0.2) is 17.1 Å². The number of ether oxygens (including phenoxy) is 1. The fourth-order valence-corrected chi connectivity index (χ4v) is 1.87. The normalized spacial score (nSPS) is 31.7. The molecule has 1 aliphatic heterocycles. The Hall–Kier alpha value is -1.55. The highest BCUT2D eigenvalue weighted by Gasteiger charge is 2.46. The minimum atomic E-state index is -1.71. The Morgan fingerprint density at radius 1 is 1.67 bits per heavy atom. The third-order valence-electron chi connectivity index (χ3n) is 2.78. The topological polar surface area (TPSA) is 123 Å². The van der Waals surface area contributed by atoms with Gasteiger partial charge in [0, 0.05) is 6.20 Å². The van der Waals surface area contributed by atoms with E-state index < -0.39 is 36.8 Å². The largest absolute Gasteiger partial charge is 0.394 e. The molecule has 0 amide bonds. The second-order valence-corrected chi connectivity index (χ2v) is 3.89. The van der Waals surface area contributed by atoms with Crippen molar-refractivity contribution in [2.75, 3.05) is 12.3 Å². The van der Waals surface area contributed by atoms with E-state index in [0.717, 1.165) is 4.57 Å². The van der Waals surface area contributed by atoms with Crippen LogP contribution in [-0.4, -0.2) is 44.8 Å². The molecule has 2 rings (SSSR count). The van der Waals surface area contributed by atoms with E-state index in [1.165, 1.54) is 12.3 Å². The van der Waals surface area contributed by atoms with E-state index in [1.54, 1.807) is 5.48 Å². The molecule has 0 aliphatic carbocycles. The van der Waals surface area contributed by atoms with Crippen molar-refractivity contribution < 1.29 is 19.4 Å². The van der Waals surface area contributed by atoms with E-state index in [9.17, 15) is 9.18 Å². The summed E-state index contributed by atoms with van der Waals surface area (Å²) < 4.78 is 20.1. The molecule has 0 aromatic carbocycles. The third-order valence-corrected chi connectivity index (χ3v) is 2.78. The predicted octanol–water partition coefficient (Wildman–Crippen LogP) is -1.60. The average Bonchev–Trinajstić information content (AvgIpc) is 2.66. The molecule has 18 heavy (non-hydrogen) atoms. The molecule has 2 heterocycles. The van der Waals surface area contributed by atoms with E-state index in [0.29, 0.717) is 0 Å². The van der Waals surface area contributed by atoms with Gasteiger partial charge in [0.25, 0.3) is 0 Å². The molecular formula is C9H13FN4O4. The third kappa shape index (κ3) is 2.08. The number of nitrogen functional groups attached to an aromatic ring is 1. The summed E-state index contributed by atoms with van der Waals surface area (Å²) in [6.45, 7) is -0.494. The SMILES string of the molecule is Nc1ccn(C2O[C@H](CO)C(NO)C2F)c(=O)n1. The molecule has 0 saturated carbocycles. The van der Waals surface area contributed by atoms with Gasteiger partial charge in [0.1, 0.15) is 11.9 Å². The summed E-state index contributed by atoms with van der Waals surface area (Å²) in [5, 5.41) is 17.8. The maximum absolute atomic E-state index is 14.0. The van der Waals surface area contributed by atoms with Gasteiger partial charge in [-0.25, -0.2) is 9.18 Å². The summed E-state index contributed by atoms with van der Waals surface area (Å²) in [5.74, 6) is 0.0141. The monoisotopic (exact) mass is 260 g/mol. The standard InChI is InChI=1S/C9H13FN4O4/c10-6-7(13-17)4(3-15)18-8(6)14-2-1-5(11)12-9(14)16/h1-2,4,6-8,13,15,17H,3H2,(H2,11,12,16)/t4-,6?,7?,8?/m1/s1. The first-order valence-electron chi connectivity index (χ1n) is 5.23. The Bertz CT molecular complexity index is 482. The van der Waals surface area contributed by atoms with Crippen LogP contribution >= 0.6 is 0 Å². The van der Waals surface area contributed by atoms with Crippen molar-refractivity contribution in [3.63, 3.8) is 0 Å². The second kappa shape index (κ2) is 4.98. The highest BCUT2D eigenvalue weighted by atomic mass is 19.1. The number of alkyl halides is 1. The molecule has 9 heteroatoms. The van der Waals surface area contributed by atoms with Crippen molar-refractivity contribution in [1.29, 1.82) is 0 Å². The van der Waals surface area contributed by atoms with Crippen LogP contribution < -0.4 is 16.9 Å². The van der Waals surface area contributed by atoms with Crippen LogP contribution in [0.1, 0.15) is 6.23 Å². The van der Waals surface area contributed by atoms with E-state index >= 15 is 0 Å². The average molecular weight is 260 g/mol. The number of nitrogens with zero attached hydrogens (tertiary/aromatic N) is 2. The number of nitrogens with one attached hydrogen (secondary N) is 1. The molecule has 0 spiro atoms. The quantitative estimate of drug-likeness (QED) is 0.483. The summed E-state index contributed by atoms with van der Waals surface area (Å²) >= 11 is 0. The summed E-state index contributed by atoms with van der Waals surface area (Å²) in [6, 6.07) is 0.204. The molecule has 3 unspecified atom stereocenters. The number of hydroxylamine groups is 1. The number of nitrogens with two attached hydrogens (primary N) is 1. The summed E-state index contributed by atoms with van der Waals surface area (Å²) in [6.07, 6.45) is -2.70. The zero-order chi connectivity index (χ0) is 13.3. The molecule has 4 atom stereocenters. The predicted molar refractivity (Wildman–Crippen MR) is 57.5 cm³/mol. The minimum Gasteiger partial charge on any atom is -0.394 e. The van der Waals surface area contributed by atoms with Gasteiger partial charge in [-0.1, -0.05) is 0 Å². The van der Waals surface area contributed by atoms with Crippen molar-refractivity contribution in [2.45, 2.75) is 24.5 Å². The van der Waals surface area contributed by atoms with Gasteiger partial charge >= 0.3 is 5.69 Å². The number of rotatable bonds is 3.